The molecular weight excluding hydrogens is 360 g/mol. The largest absolute Gasteiger partial charge is 0.504 e. The summed E-state index contributed by atoms with van der Waals surface area (Å²) < 4.78 is 10.8. The molecule has 0 amide bonds. The Morgan fingerprint density at radius 1 is 1.18 bits per heavy atom. The molecule has 1 aliphatic rings. The van der Waals surface area contributed by atoms with E-state index in [4.69, 9.17) is 14.6 Å². The number of epoxide rings is 1. The SMILES string of the molecule is CC(=O)Oc1c(C)ccc(C2(Cc3ccccc3)CO2)c1O.CC(C)C(=O)O. The minimum atomic E-state index is -0.741. The molecule has 6 nitrogen and oxygen atoms in total. The fourth-order valence-corrected chi connectivity index (χ4v) is 2.68. The highest BCUT2D eigenvalue weighted by molar-refractivity contribution is 5.72. The molecule has 1 heterocycles. The molecule has 28 heavy (non-hydrogen) atoms. The zero-order valence-corrected chi connectivity index (χ0v) is 16.6. The molecule has 1 aliphatic heterocycles. The highest BCUT2D eigenvalue weighted by Crippen LogP contribution is 2.49. The first kappa shape index (κ1) is 21.4. The predicted octanol–water partition coefficient (Wildman–Crippen LogP) is 3.82. The number of rotatable bonds is 5. The lowest BCUT2D eigenvalue weighted by Gasteiger charge is -2.17. The van der Waals surface area contributed by atoms with Crippen molar-refractivity contribution in [1.29, 1.82) is 0 Å². The van der Waals surface area contributed by atoms with Crippen molar-refractivity contribution in [3.8, 4) is 11.5 Å². The van der Waals surface area contributed by atoms with Crippen molar-refractivity contribution in [3.05, 3.63) is 59.2 Å². The molecule has 2 aromatic carbocycles. The van der Waals surface area contributed by atoms with Gasteiger partial charge in [0.15, 0.2) is 11.5 Å². The maximum atomic E-state index is 11.2. The Morgan fingerprint density at radius 2 is 1.75 bits per heavy atom. The number of esters is 1. The van der Waals surface area contributed by atoms with E-state index in [1.165, 1.54) is 6.92 Å². The molecule has 0 spiro atoms. The number of carboxylic acids is 1. The smallest absolute Gasteiger partial charge is 0.308 e. The van der Waals surface area contributed by atoms with Crippen molar-refractivity contribution in [2.75, 3.05) is 6.61 Å². The lowest BCUT2D eigenvalue weighted by Crippen LogP contribution is -2.14. The monoisotopic (exact) mass is 386 g/mol. The Bertz CT molecular complexity index is 838. The number of aromatic hydroxyl groups is 1. The lowest BCUT2D eigenvalue weighted by molar-refractivity contribution is -0.140. The number of benzene rings is 2. The summed E-state index contributed by atoms with van der Waals surface area (Å²) in [5, 5.41) is 18.5. The summed E-state index contributed by atoms with van der Waals surface area (Å²) in [4.78, 5) is 20.9. The molecule has 0 saturated carbocycles. The molecule has 6 heteroatoms. The number of aryl methyl sites for hydroxylation is 1. The van der Waals surface area contributed by atoms with Crippen LogP contribution in [0.5, 0.6) is 11.5 Å². The molecular formula is C22H26O6. The maximum Gasteiger partial charge on any atom is 0.308 e. The molecule has 1 unspecified atom stereocenters. The van der Waals surface area contributed by atoms with Crippen LogP contribution in [0.3, 0.4) is 0 Å². The zero-order chi connectivity index (χ0) is 20.9. The fraction of sp³-hybridized carbons (Fsp3) is 0.364. The van der Waals surface area contributed by atoms with Crippen molar-refractivity contribution in [2.24, 2.45) is 5.92 Å². The molecule has 150 valence electrons. The summed E-state index contributed by atoms with van der Waals surface area (Å²) in [7, 11) is 0. The summed E-state index contributed by atoms with van der Waals surface area (Å²) in [6.45, 7) is 6.93. The Morgan fingerprint density at radius 3 is 2.21 bits per heavy atom. The average molecular weight is 386 g/mol. The molecule has 0 aliphatic carbocycles. The first-order chi connectivity index (χ1) is 13.2. The maximum absolute atomic E-state index is 11.2. The minimum Gasteiger partial charge on any atom is -0.504 e. The molecule has 0 bridgehead atoms. The van der Waals surface area contributed by atoms with Crippen molar-refractivity contribution in [1.82, 2.24) is 0 Å². The van der Waals surface area contributed by atoms with Crippen molar-refractivity contribution < 1.29 is 29.3 Å². The van der Waals surface area contributed by atoms with Gasteiger partial charge in [-0.05, 0) is 18.1 Å². The van der Waals surface area contributed by atoms with Crippen LogP contribution in [0, 0.1) is 12.8 Å². The van der Waals surface area contributed by atoms with Crippen LogP contribution in [-0.2, 0) is 26.3 Å². The number of carboxylic acid groups (broad SMARTS) is 1. The number of hydrogen-bond acceptors (Lipinski definition) is 5. The van der Waals surface area contributed by atoms with Gasteiger partial charge in [0.05, 0.1) is 12.5 Å². The number of aliphatic carboxylic acids is 1. The molecule has 0 radical (unpaired) electrons. The number of phenolic OH excluding ortho intramolecular Hbond substituents is 1. The molecule has 2 aromatic rings. The van der Waals surface area contributed by atoms with Crippen molar-refractivity contribution in [3.63, 3.8) is 0 Å². The molecule has 2 N–H and O–H groups in total. The van der Waals surface area contributed by atoms with Crippen molar-refractivity contribution in [2.45, 2.75) is 39.7 Å². The highest BCUT2D eigenvalue weighted by Gasteiger charge is 2.48. The summed E-state index contributed by atoms with van der Waals surface area (Å²) in [5.41, 5.74) is 1.98. The second-order valence-corrected chi connectivity index (χ2v) is 7.14. The van der Waals surface area contributed by atoms with Crippen LogP contribution in [0.1, 0.15) is 37.5 Å². The first-order valence-electron chi connectivity index (χ1n) is 9.08. The Labute approximate surface area is 164 Å². The van der Waals surface area contributed by atoms with Gasteiger partial charge < -0.3 is 19.7 Å². The van der Waals surface area contributed by atoms with Crippen LogP contribution in [0.4, 0.5) is 0 Å². The molecule has 0 aromatic heterocycles. The van der Waals surface area contributed by atoms with E-state index in [2.05, 4.69) is 0 Å². The topological polar surface area (TPSA) is 96.4 Å². The van der Waals surface area contributed by atoms with Gasteiger partial charge in [-0.2, -0.15) is 0 Å². The second kappa shape index (κ2) is 8.89. The van der Waals surface area contributed by atoms with Crippen LogP contribution in [0.2, 0.25) is 0 Å². The van der Waals surface area contributed by atoms with Crippen molar-refractivity contribution >= 4 is 11.9 Å². The van der Waals surface area contributed by atoms with E-state index >= 15 is 0 Å². The van der Waals surface area contributed by atoms with E-state index in [-0.39, 0.29) is 17.4 Å². The van der Waals surface area contributed by atoms with Gasteiger partial charge in [-0.15, -0.1) is 0 Å². The quantitative estimate of drug-likeness (QED) is 0.461. The third-order valence-corrected chi connectivity index (χ3v) is 4.38. The van der Waals surface area contributed by atoms with Gasteiger partial charge in [-0.1, -0.05) is 56.3 Å². The van der Waals surface area contributed by atoms with Gasteiger partial charge in [0.1, 0.15) is 5.60 Å². The number of phenols is 1. The lowest BCUT2D eigenvalue weighted by atomic mass is 9.90. The van der Waals surface area contributed by atoms with Gasteiger partial charge in [0.2, 0.25) is 0 Å². The third-order valence-electron chi connectivity index (χ3n) is 4.38. The first-order valence-corrected chi connectivity index (χ1v) is 9.08. The van der Waals surface area contributed by atoms with Gasteiger partial charge in [0, 0.05) is 18.9 Å². The van der Waals surface area contributed by atoms with E-state index in [0.717, 1.165) is 5.56 Å². The highest BCUT2D eigenvalue weighted by atomic mass is 16.6. The summed E-state index contributed by atoms with van der Waals surface area (Å²) in [5.74, 6) is -1.22. The summed E-state index contributed by atoms with van der Waals surface area (Å²) in [6.07, 6.45) is 0.671. The average Bonchev–Trinajstić information content (AvgIpc) is 3.40. The second-order valence-electron chi connectivity index (χ2n) is 7.14. The molecule has 3 rings (SSSR count). The van der Waals surface area contributed by atoms with E-state index in [9.17, 15) is 14.7 Å². The summed E-state index contributed by atoms with van der Waals surface area (Å²) in [6, 6.07) is 13.7. The normalized spacial score (nSPS) is 17.5. The van der Waals surface area contributed by atoms with Crippen LogP contribution in [0.25, 0.3) is 0 Å². The molecule has 1 fully saturated rings. The van der Waals surface area contributed by atoms with Crippen LogP contribution in [0.15, 0.2) is 42.5 Å². The zero-order valence-electron chi connectivity index (χ0n) is 16.6. The number of carbonyl (C=O) groups excluding carboxylic acids is 1. The third kappa shape index (κ3) is 5.33. The molecule has 1 saturated heterocycles. The van der Waals surface area contributed by atoms with E-state index < -0.39 is 17.5 Å². The Balaban J connectivity index is 0.000000409. The number of hydrogen-bond donors (Lipinski definition) is 2. The van der Waals surface area contributed by atoms with Gasteiger partial charge in [0.25, 0.3) is 0 Å². The predicted molar refractivity (Wildman–Crippen MR) is 104 cm³/mol. The van der Waals surface area contributed by atoms with Gasteiger partial charge in [-0.3, -0.25) is 9.59 Å². The number of ether oxygens (including phenoxy) is 2. The van der Waals surface area contributed by atoms with Crippen LogP contribution in [-0.4, -0.2) is 28.8 Å². The Kier molecular flexibility index (Phi) is 6.80. The van der Waals surface area contributed by atoms with Gasteiger partial charge in [-0.25, -0.2) is 0 Å². The fourth-order valence-electron chi connectivity index (χ4n) is 2.68. The Hall–Kier alpha value is -2.86. The summed E-state index contributed by atoms with van der Waals surface area (Å²) >= 11 is 0. The minimum absolute atomic E-state index is 0.0105. The van der Waals surface area contributed by atoms with E-state index in [0.29, 0.717) is 24.2 Å². The molecule has 1 atom stereocenters. The van der Waals surface area contributed by atoms with E-state index in [1.807, 2.05) is 42.5 Å². The standard InChI is InChI=1S/C18H18O4.C4H8O2/c1-12-8-9-15(16(20)17(12)22-13(2)19)18(11-21-18)10-14-6-4-3-5-7-14;1-3(2)4(5)6/h3-9,20H,10-11H2,1-2H3;3H,1-2H3,(H,5,6). The number of carbonyl (C=O) groups is 2. The van der Waals surface area contributed by atoms with Gasteiger partial charge >= 0.3 is 11.9 Å². The van der Waals surface area contributed by atoms with Crippen LogP contribution >= 0.6 is 0 Å². The van der Waals surface area contributed by atoms with Crippen LogP contribution < -0.4 is 4.74 Å². The van der Waals surface area contributed by atoms with E-state index in [1.54, 1.807) is 20.8 Å².